The first-order chi connectivity index (χ1) is 8.16. The van der Waals surface area contributed by atoms with Gasteiger partial charge in [-0.05, 0) is 30.7 Å². The highest BCUT2D eigenvalue weighted by Gasteiger charge is 2.05. The number of anilines is 1. The Hall–Kier alpha value is -2.30. The van der Waals surface area contributed by atoms with E-state index in [1.54, 1.807) is 12.4 Å². The molecule has 0 aliphatic rings. The molecule has 0 fully saturated rings. The lowest BCUT2D eigenvalue weighted by Crippen LogP contribution is -2.14. The monoisotopic (exact) mass is 230 g/mol. The fourth-order valence-electron chi connectivity index (χ4n) is 1.37. The van der Waals surface area contributed by atoms with Crippen LogP contribution in [0.3, 0.4) is 0 Å². The van der Waals surface area contributed by atoms with E-state index in [9.17, 15) is 4.39 Å². The van der Waals surface area contributed by atoms with E-state index in [-0.39, 0.29) is 5.84 Å². The Morgan fingerprint density at radius 1 is 1.29 bits per heavy atom. The zero-order valence-corrected chi connectivity index (χ0v) is 9.24. The molecule has 0 saturated heterocycles. The molecule has 2 aromatic heterocycles. The van der Waals surface area contributed by atoms with Crippen LogP contribution in [0.4, 0.5) is 10.2 Å². The molecule has 0 unspecified atom stereocenters. The highest BCUT2D eigenvalue weighted by atomic mass is 19.1. The van der Waals surface area contributed by atoms with Crippen molar-refractivity contribution in [2.45, 2.75) is 6.92 Å². The number of halogens is 1. The first kappa shape index (κ1) is 11.2. The van der Waals surface area contributed by atoms with Gasteiger partial charge >= 0.3 is 0 Å². The molecule has 2 aromatic rings. The molecule has 5 heteroatoms. The molecule has 2 heterocycles. The van der Waals surface area contributed by atoms with Crippen LogP contribution in [0.15, 0.2) is 36.8 Å². The van der Waals surface area contributed by atoms with E-state index < -0.39 is 5.82 Å². The van der Waals surface area contributed by atoms with Gasteiger partial charge in [-0.25, -0.2) is 9.37 Å². The van der Waals surface area contributed by atoms with Crippen LogP contribution in [0.5, 0.6) is 0 Å². The van der Waals surface area contributed by atoms with Crippen molar-refractivity contribution >= 4 is 11.7 Å². The first-order valence-electron chi connectivity index (χ1n) is 5.05. The predicted molar refractivity (Wildman–Crippen MR) is 63.6 cm³/mol. The Morgan fingerprint density at radius 3 is 2.76 bits per heavy atom. The summed E-state index contributed by atoms with van der Waals surface area (Å²) >= 11 is 0. The molecule has 0 amide bonds. The molecule has 17 heavy (non-hydrogen) atoms. The Balaban J connectivity index is 2.17. The summed E-state index contributed by atoms with van der Waals surface area (Å²) in [5.41, 5.74) is 1.64. The number of aromatic nitrogens is 2. The molecular formula is C12H11FN4. The van der Waals surface area contributed by atoms with Gasteiger partial charge in [0.2, 0.25) is 0 Å². The SMILES string of the molecule is Cc1ccncc1C(=N)Nc1ccc(F)cn1. The van der Waals surface area contributed by atoms with E-state index in [1.165, 1.54) is 12.1 Å². The van der Waals surface area contributed by atoms with Gasteiger partial charge in [0.05, 0.1) is 6.20 Å². The summed E-state index contributed by atoms with van der Waals surface area (Å²) in [6.07, 6.45) is 4.38. The molecule has 0 aliphatic carbocycles. The smallest absolute Gasteiger partial charge is 0.141 e. The number of nitrogens with one attached hydrogen (secondary N) is 2. The number of pyridine rings is 2. The third-order valence-corrected chi connectivity index (χ3v) is 2.29. The first-order valence-corrected chi connectivity index (χ1v) is 5.05. The van der Waals surface area contributed by atoms with Gasteiger partial charge in [-0.2, -0.15) is 0 Å². The standard InChI is InChI=1S/C12H11FN4/c1-8-4-5-15-7-10(8)12(14)17-11-3-2-9(13)6-16-11/h2-7H,1H3,(H2,14,16,17). The third kappa shape index (κ3) is 2.63. The van der Waals surface area contributed by atoms with E-state index in [1.807, 2.05) is 13.0 Å². The van der Waals surface area contributed by atoms with Crippen LogP contribution < -0.4 is 5.32 Å². The molecule has 86 valence electrons. The van der Waals surface area contributed by atoms with Crippen molar-refractivity contribution in [1.29, 1.82) is 5.41 Å². The fourth-order valence-corrected chi connectivity index (χ4v) is 1.37. The van der Waals surface area contributed by atoms with E-state index in [0.29, 0.717) is 11.4 Å². The van der Waals surface area contributed by atoms with Gasteiger partial charge in [0, 0.05) is 18.0 Å². The second-order valence-electron chi connectivity index (χ2n) is 3.55. The predicted octanol–water partition coefficient (Wildman–Crippen LogP) is 2.36. The fraction of sp³-hybridized carbons (Fsp3) is 0.0833. The Morgan fingerprint density at radius 2 is 2.12 bits per heavy atom. The molecule has 0 bridgehead atoms. The van der Waals surface area contributed by atoms with Gasteiger partial charge < -0.3 is 5.32 Å². The van der Waals surface area contributed by atoms with Gasteiger partial charge in [-0.3, -0.25) is 10.4 Å². The maximum atomic E-state index is 12.7. The summed E-state index contributed by atoms with van der Waals surface area (Å²) in [4.78, 5) is 7.79. The van der Waals surface area contributed by atoms with Crippen molar-refractivity contribution in [2.75, 3.05) is 5.32 Å². The number of rotatable bonds is 2. The Labute approximate surface area is 98.1 Å². The van der Waals surface area contributed by atoms with Gasteiger partial charge in [-0.1, -0.05) is 0 Å². The molecule has 0 aromatic carbocycles. The average molecular weight is 230 g/mol. The van der Waals surface area contributed by atoms with Crippen molar-refractivity contribution < 1.29 is 4.39 Å². The number of hydrogen-bond donors (Lipinski definition) is 2. The van der Waals surface area contributed by atoms with Crippen molar-refractivity contribution in [1.82, 2.24) is 9.97 Å². The lowest BCUT2D eigenvalue weighted by Gasteiger charge is -2.08. The largest absolute Gasteiger partial charge is 0.325 e. The molecule has 0 radical (unpaired) electrons. The molecular weight excluding hydrogens is 219 g/mol. The number of hydrogen-bond acceptors (Lipinski definition) is 3. The van der Waals surface area contributed by atoms with Crippen molar-refractivity contribution in [3.05, 3.63) is 53.7 Å². The highest BCUT2D eigenvalue weighted by Crippen LogP contribution is 2.09. The Bertz CT molecular complexity index is 536. The molecule has 4 nitrogen and oxygen atoms in total. The van der Waals surface area contributed by atoms with E-state index in [2.05, 4.69) is 15.3 Å². The maximum absolute atomic E-state index is 12.7. The minimum Gasteiger partial charge on any atom is -0.325 e. The topological polar surface area (TPSA) is 61.7 Å². The van der Waals surface area contributed by atoms with E-state index in [0.717, 1.165) is 11.8 Å². The maximum Gasteiger partial charge on any atom is 0.141 e. The van der Waals surface area contributed by atoms with Crippen molar-refractivity contribution in [2.24, 2.45) is 0 Å². The lowest BCUT2D eigenvalue weighted by molar-refractivity contribution is 0.622. The van der Waals surface area contributed by atoms with Gasteiger partial charge in [0.1, 0.15) is 17.5 Å². The van der Waals surface area contributed by atoms with E-state index >= 15 is 0 Å². The van der Waals surface area contributed by atoms with Gasteiger partial charge in [0.25, 0.3) is 0 Å². The molecule has 0 aliphatic heterocycles. The van der Waals surface area contributed by atoms with E-state index in [4.69, 9.17) is 5.41 Å². The summed E-state index contributed by atoms with van der Waals surface area (Å²) in [5.74, 6) is 0.217. The van der Waals surface area contributed by atoms with Crippen molar-refractivity contribution in [3.8, 4) is 0 Å². The Kier molecular flexibility index (Phi) is 3.09. The summed E-state index contributed by atoms with van der Waals surface area (Å²) in [6.45, 7) is 1.89. The summed E-state index contributed by atoms with van der Waals surface area (Å²) in [5, 5.41) is 10.7. The lowest BCUT2D eigenvalue weighted by atomic mass is 10.1. The van der Waals surface area contributed by atoms with Crippen LogP contribution in [0.1, 0.15) is 11.1 Å². The summed E-state index contributed by atoms with van der Waals surface area (Å²) < 4.78 is 12.7. The highest BCUT2D eigenvalue weighted by molar-refractivity contribution is 6.06. The average Bonchev–Trinajstić information content (AvgIpc) is 2.32. The molecule has 0 saturated carbocycles. The normalized spacial score (nSPS) is 10.0. The van der Waals surface area contributed by atoms with Crippen LogP contribution in [-0.2, 0) is 0 Å². The van der Waals surface area contributed by atoms with Crippen LogP contribution in [0, 0.1) is 18.2 Å². The van der Waals surface area contributed by atoms with Gasteiger partial charge in [-0.15, -0.1) is 0 Å². The molecule has 2 N–H and O–H groups in total. The zero-order valence-electron chi connectivity index (χ0n) is 9.24. The van der Waals surface area contributed by atoms with Crippen LogP contribution >= 0.6 is 0 Å². The molecule has 2 rings (SSSR count). The summed E-state index contributed by atoms with van der Waals surface area (Å²) in [7, 11) is 0. The third-order valence-electron chi connectivity index (χ3n) is 2.29. The molecule has 0 atom stereocenters. The van der Waals surface area contributed by atoms with Crippen LogP contribution in [0.25, 0.3) is 0 Å². The minimum atomic E-state index is -0.403. The molecule has 0 spiro atoms. The number of nitrogens with zero attached hydrogens (tertiary/aromatic N) is 2. The van der Waals surface area contributed by atoms with Crippen molar-refractivity contribution in [3.63, 3.8) is 0 Å². The second kappa shape index (κ2) is 4.69. The second-order valence-corrected chi connectivity index (χ2v) is 3.55. The number of amidine groups is 1. The van der Waals surface area contributed by atoms with Gasteiger partial charge in [0.15, 0.2) is 0 Å². The van der Waals surface area contributed by atoms with Crippen LogP contribution in [0.2, 0.25) is 0 Å². The quantitative estimate of drug-likeness (QED) is 0.615. The summed E-state index contributed by atoms with van der Waals surface area (Å²) in [6, 6.07) is 4.60. The van der Waals surface area contributed by atoms with Crippen LogP contribution in [-0.4, -0.2) is 15.8 Å². The number of aryl methyl sites for hydroxylation is 1. The minimum absolute atomic E-state index is 0.190. The zero-order chi connectivity index (χ0) is 12.3.